The van der Waals surface area contributed by atoms with Gasteiger partial charge in [0.2, 0.25) is 0 Å². The van der Waals surface area contributed by atoms with Crippen molar-refractivity contribution in [2.24, 2.45) is 0 Å². The number of piperazine rings is 1. The number of amides is 2. The van der Waals surface area contributed by atoms with E-state index in [9.17, 15) is 9.59 Å². The molecule has 2 fully saturated rings. The number of rotatable bonds is 4. The van der Waals surface area contributed by atoms with Crippen LogP contribution >= 0.6 is 11.3 Å². The Morgan fingerprint density at radius 1 is 0.941 bits per heavy atom. The van der Waals surface area contributed by atoms with Crippen LogP contribution in [-0.2, 0) is 0 Å². The van der Waals surface area contributed by atoms with Crippen molar-refractivity contribution in [3.63, 3.8) is 0 Å². The molecule has 34 heavy (non-hydrogen) atoms. The van der Waals surface area contributed by atoms with E-state index in [4.69, 9.17) is 0 Å². The predicted molar refractivity (Wildman–Crippen MR) is 131 cm³/mol. The summed E-state index contributed by atoms with van der Waals surface area (Å²) in [7, 11) is 0. The Balaban J connectivity index is 1.06. The number of carbonyl (C=O) groups excluding carboxylic acids is 2. The van der Waals surface area contributed by atoms with Crippen LogP contribution in [0.2, 0.25) is 0 Å². The molecule has 2 saturated heterocycles. The second-order valence-corrected chi connectivity index (χ2v) is 9.47. The number of thiazole rings is 1. The quantitative estimate of drug-likeness (QED) is 0.494. The van der Waals surface area contributed by atoms with Gasteiger partial charge < -0.3 is 14.8 Å². The Morgan fingerprint density at radius 2 is 1.74 bits per heavy atom. The van der Waals surface area contributed by atoms with Gasteiger partial charge in [-0.15, -0.1) is 11.3 Å². The average Bonchev–Trinajstić information content (AvgIpc) is 3.53. The van der Waals surface area contributed by atoms with Crippen molar-refractivity contribution in [3.8, 4) is 11.4 Å². The number of hydrogen-bond donors (Lipinski definition) is 1. The van der Waals surface area contributed by atoms with Crippen LogP contribution in [0.3, 0.4) is 0 Å². The Hall–Kier alpha value is -3.56. The third-order valence-electron chi connectivity index (χ3n) is 6.69. The molecule has 0 bridgehead atoms. The molecular formula is C25H24N6O2S. The number of nitrogens with one attached hydrogen (secondary N) is 1. The first kappa shape index (κ1) is 21.0. The molecule has 2 aliphatic heterocycles. The number of hydrogen-bond acceptors (Lipinski definition) is 6. The Labute approximate surface area is 200 Å². The molecule has 4 heterocycles. The minimum atomic E-state index is 0.0101. The van der Waals surface area contributed by atoms with E-state index in [1.54, 1.807) is 10.9 Å². The number of carbonyl (C=O) groups is 2. The molecule has 4 aromatic rings. The number of benzene rings is 2. The van der Waals surface area contributed by atoms with Crippen LogP contribution < -0.4 is 0 Å². The van der Waals surface area contributed by atoms with Crippen molar-refractivity contribution >= 4 is 34.2 Å². The van der Waals surface area contributed by atoms with Crippen molar-refractivity contribution in [1.29, 1.82) is 0 Å². The van der Waals surface area contributed by atoms with Gasteiger partial charge in [0.05, 0.1) is 16.5 Å². The molecule has 2 aromatic carbocycles. The van der Waals surface area contributed by atoms with E-state index in [1.165, 1.54) is 11.3 Å². The van der Waals surface area contributed by atoms with E-state index in [0.717, 1.165) is 48.6 Å². The molecule has 172 valence electrons. The Morgan fingerprint density at radius 3 is 2.47 bits per heavy atom. The van der Waals surface area contributed by atoms with Crippen molar-refractivity contribution in [2.45, 2.75) is 6.04 Å². The van der Waals surface area contributed by atoms with Crippen molar-refractivity contribution < 1.29 is 9.59 Å². The summed E-state index contributed by atoms with van der Waals surface area (Å²) in [6.07, 6.45) is 0. The summed E-state index contributed by atoms with van der Waals surface area (Å²) in [4.78, 5) is 43.8. The lowest BCUT2D eigenvalue weighted by molar-refractivity contribution is 0.00844. The van der Waals surface area contributed by atoms with Gasteiger partial charge in [-0.2, -0.15) is 0 Å². The molecule has 0 spiro atoms. The zero-order valence-electron chi connectivity index (χ0n) is 18.6. The normalized spacial score (nSPS) is 17.2. The van der Waals surface area contributed by atoms with E-state index < -0.39 is 0 Å². The van der Waals surface area contributed by atoms with Gasteiger partial charge in [0.25, 0.3) is 11.8 Å². The first-order chi connectivity index (χ1) is 16.7. The summed E-state index contributed by atoms with van der Waals surface area (Å²) in [5.74, 6) is 0.860. The Bertz CT molecular complexity index is 1320. The topological polar surface area (TPSA) is 85.4 Å². The largest absolute Gasteiger partial charge is 0.338 e. The monoisotopic (exact) mass is 472 g/mol. The van der Waals surface area contributed by atoms with Gasteiger partial charge in [-0.3, -0.25) is 14.5 Å². The molecule has 2 amide bonds. The first-order valence-electron chi connectivity index (χ1n) is 11.4. The molecule has 0 atom stereocenters. The average molecular weight is 473 g/mol. The molecule has 0 saturated carbocycles. The summed E-state index contributed by atoms with van der Waals surface area (Å²) in [5, 5.41) is 1.80. The number of aromatic amines is 1. The fraction of sp³-hybridized carbons (Fsp3) is 0.280. The molecule has 8 nitrogen and oxygen atoms in total. The fourth-order valence-electron chi connectivity index (χ4n) is 4.68. The minimum Gasteiger partial charge on any atom is -0.338 e. The molecule has 0 unspecified atom stereocenters. The highest BCUT2D eigenvalue weighted by Gasteiger charge is 2.37. The van der Waals surface area contributed by atoms with E-state index in [-0.39, 0.29) is 11.8 Å². The number of likely N-dealkylation sites (tertiary alicyclic amines) is 1. The maximum absolute atomic E-state index is 13.1. The van der Waals surface area contributed by atoms with Crippen molar-refractivity contribution in [2.75, 3.05) is 39.3 Å². The highest BCUT2D eigenvalue weighted by molar-refractivity contribution is 7.07. The lowest BCUT2D eigenvalue weighted by Gasteiger charge is -2.48. The van der Waals surface area contributed by atoms with Gasteiger partial charge in [-0.05, 0) is 18.2 Å². The smallest absolute Gasteiger partial charge is 0.273 e. The van der Waals surface area contributed by atoms with Gasteiger partial charge in [-0.25, -0.2) is 9.97 Å². The summed E-state index contributed by atoms with van der Waals surface area (Å²) < 4.78 is 0. The number of aromatic nitrogens is 3. The number of nitrogens with zero attached hydrogens (tertiary/aromatic N) is 5. The van der Waals surface area contributed by atoms with Crippen LogP contribution in [0, 0.1) is 0 Å². The van der Waals surface area contributed by atoms with Crippen LogP contribution in [-0.4, -0.2) is 86.8 Å². The van der Waals surface area contributed by atoms with E-state index in [2.05, 4.69) is 19.9 Å². The van der Waals surface area contributed by atoms with E-state index in [1.807, 2.05) is 58.3 Å². The second kappa shape index (κ2) is 8.66. The number of H-pyrrole nitrogens is 1. The molecule has 9 heteroatoms. The van der Waals surface area contributed by atoms with Crippen LogP contribution in [0.4, 0.5) is 0 Å². The highest BCUT2D eigenvalue weighted by Crippen LogP contribution is 2.24. The van der Waals surface area contributed by atoms with Crippen molar-refractivity contribution in [1.82, 2.24) is 29.7 Å². The van der Waals surface area contributed by atoms with E-state index >= 15 is 0 Å². The molecule has 1 N–H and O–H groups in total. The third kappa shape index (κ3) is 3.86. The molecular weight excluding hydrogens is 448 g/mol. The maximum atomic E-state index is 13.1. The molecule has 2 aromatic heterocycles. The lowest BCUT2D eigenvalue weighted by Crippen LogP contribution is -2.64. The maximum Gasteiger partial charge on any atom is 0.273 e. The Kier molecular flexibility index (Phi) is 5.35. The van der Waals surface area contributed by atoms with Gasteiger partial charge >= 0.3 is 0 Å². The molecule has 6 rings (SSSR count). The number of imidazole rings is 1. The molecule has 0 radical (unpaired) electrons. The first-order valence-corrected chi connectivity index (χ1v) is 12.4. The predicted octanol–water partition coefficient (Wildman–Crippen LogP) is 2.97. The van der Waals surface area contributed by atoms with Gasteiger partial charge in [0.15, 0.2) is 0 Å². The molecule has 0 aliphatic carbocycles. The fourth-order valence-corrected chi connectivity index (χ4v) is 5.21. The van der Waals surface area contributed by atoms with Gasteiger partial charge in [0, 0.05) is 61.8 Å². The number of fused-ring (bicyclic) bond motifs is 1. The zero-order valence-corrected chi connectivity index (χ0v) is 19.4. The summed E-state index contributed by atoms with van der Waals surface area (Å²) in [5.41, 5.74) is 5.63. The van der Waals surface area contributed by atoms with E-state index in [0.29, 0.717) is 30.4 Å². The van der Waals surface area contributed by atoms with Crippen LogP contribution in [0.5, 0.6) is 0 Å². The van der Waals surface area contributed by atoms with Gasteiger partial charge in [-0.1, -0.05) is 30.3 Å². The SMILES string of the molecule is O=C(c1ccc2nc(-c3ccccc3)[nH]c2c1)N1CC(N2CCN(C(=O)c3cscn3)CC2)C1. The van der Waals surface area contributed by atoms with Crippen LogP contribution in [0.1, 0.15) is 20.8 Å². The third-order valence-corrected chi connectivity index (χ3v) is 7.28. The second-order valence-electron chi connectivity index (χ2n) is 8.75. The van der Waals surface area contributed by atoms with Gasteiger partial charge in [0.1, 0.15) is 11.5 Å². The lowest BCUT2D eigenvalue weighted by atomic mass is 10.0. The van der Waals surface area contributed by atoms with Crippen LogP contribution in [0.15, 0.2) is 59.4 Å². The summed E-state index contributed by atoms with van der Waals surface area (Å²) >= 11 is 1.44. The summed E-state index contributed by atoms with van der Waals surface area (Å²) in [6, 6.07) is 16.0. The minimum absolute atomic E-state index is 0.0101. The van der Waals surface area contributed by atoms with Crippen LogP contribution in [0.25, 0.3) is 22.4 Å². The standard InChI is InChI=1S/C25H24N6O2S/c32-24(18-6-7-20-21(12-18)28-23(27-20)17-4-2-1-3-5-17)31-13-19(14-31)29-8-10-30(11-9-29)25(33)22-15-34-16-26-22/h1-7,12,15-16,19H,8-11,13-14H2,(H,27,28). The van der Waals surface area contributed by atoms with Crippen molar-refractivity contribution in [3.05, 3.63) is 70.7 Å². The zero-order chi connectivity index (χ0) is 23.1. The molecule has 2 aliphatic rings. The summed E-state index contributed by atoms with van der Waals surface area (Å²) in [6.45, 7) is 4.47. The highest BCUT2D eigenvalue weighted by atomic mass is 32.1.